The van der Waals surface area contributed by atoms with Gasteiger partial charge in [-0.15, -0.1) is 0 Å². The number of aliphatic hydroxyl groups is 2. The molecule has 2 N–H and O–H groups in total. The molecule has 5 heterocycles. The van der Waals surface area contributed by atoms with E-state index in [4.69, 9.17) is 29.5 Å². The maximum absolute atomic E-state index is 10.1. The van der Waals surface area contributed by atoms with Crippen molar-refractivity contribution >= 4 is 17.1 Å². The number of fused-ring (bicyclic) bond motifs is 2. The zero-order valence-electron chi connectivity index (χ0n) is 39.7. The Hall–Kier alpha value is 0.0501. The Labute approximate surface area is 370 Å². The zero-order valence-corrected chi connectivity index (χ0v) is 44.2. The standard InChI is InChI=1S/C25H48O7Si2.C20H40N2.2O.Os/c1-16(2)33(17(3)4)30-24-14-23-21(10-9-13-28-23)29-22(12-11-20(27)15-26)25(24)31-34(32-33,18(5)6)19(7)8;1-19(2,3)11-15-21-13-7-9-17(21)18-10-8-14-22(18)16-12-20(4,5)6;;;/h11-12,16-27H,9-10,13-15H2,1-8H3;17-18H,7-16H2,1-6H3;;;/b12-11+;;;;/t20-,21-,22+,23+,24-,25+;17-,18-;;;/m00.../s1. The van der Waals surface area contributed by atoms with Gasteiger partial charge >= 0.3 is 41.5 Å². The summed E-state index contributed by atoms with van der Waals surface area (Å²) in [4.78, 5) is 5.65. The molecular formula is C45H88N2O9OsSi2. The van der Waals surface area contributed by atoms with Gasteiger partial charge in [0.05, 0.1) is 31.0 Å². The van der Waals surface area contributed by atoms with E-state index in [-0.39, 0.29) is 53.2 Å². The van der Waals surface area contributed by atoms with Crippen molar-refractivity contribution in [2.75, 3.05) is 39.4 Å². The molecule has 11 nitrogen and oxygen atoms in total. The first kappa shape index (κ1) is 53.4. The minimum absolute atomic E-state index is 0.0435. The molecule has 14 heteroatoms. The summed E-state index contributed by atoms with van der Waals surface area (Å²) in [7, 11) is -5.47. The summed E-state index contributed by atoms with van der Waals surface area (Å²) < 4.78 is 51.6. The van der Waals surface area contributed by atoms with Gasteiger partial charge in [0, 0.05) is 25.1 Å². The number of nitrogens with zero attached hydrogens (tertiary/aromatic N) is 2. The van der Waals surface area contributed by atoms with E-state index in [9.17, 15) is 10.2 Å². The van der Waals surface area contributed by atoms with E-state index in [1.165, 1.54) is 64.7 Å². The van der Waals surface area contributed by atoms with Gasteiger partial charge in [-0.25, -0.2) is 0 Å². The summed E-state index contributed by atoms with van der Waals surface area (Å²) in [6.07, 6.45) is 12.4. The third-order valence-electron chi connectivity index (χ3n) is 13.3. The zero-order chi connectivity index (χ0) is 44.3. The maximum atomic E-state index is 10.1. The fourth-order valence-electron chi connectivity index (χ4n) is 9.94. The Morgan fingerprint density at radius 3 is 1.63 bits per heavy atom. The second-order valence-corrected chi connectivity index (χ2v) is 30.9. The van der Waals surface area contributed by atoms with Crippen LogP contribution in [0.4, 0.5) is 0 Å². The van der Waals surface area contributed by atoms with Crippen LogP contribution < -0.4 is 0 Å². The quantitative estimate of drug-likeness (QED) is 0.144. The van der Waals surface area contributed by atoms with Gasteiger partial charge in [0.15, 0.2) is 0 Å². The van der Waals surface area contributed by atoms with Crippen molar-refractivity contribution in [3.8, 4) is 0 Å². The number of likely N-dealkylation sites (tertiary alicyclic amines) is 2. The minimum atomic E-state index is -2.76. The first-order chi connectivity index (χ1) is 27.5. The number of hydrogen-bond donors (Lipinski definition) is 2. The van der Waals surface area contributed by atoms with Gasteiger partial charge in [0.1, 0.15) is 12.2 Å². The molecule has 348 valence electrons. The third-order valence-corrected chi connectivity index (χ3v) is 23.6. The molecule has 0 radical (unpaired) electrons. The molecule has 59 heavy (non-hydrogen) atoms. The molecule has 0 aromatic heterocycles. The van der Waals surface area contributed by atoms with E-state index in [0.29, 0.717) is 17.3 Å². The summed E-state index contributed by atoms with van der Waals surface area (Å²) in [5, 5.41) is 19.4. The van der Waals surface area contributed by atoms with Gasteiger partial charge in [0.25, 0.3) is 0 Å². The van der Waals surface area contributed by atoms with Crippen molar-refractivity contribution in [3.63, 3.8) is 0 Å². The van der Waals surface area contributed by atoms with Gasteiger partial charge in [0.2, 0.25) is 0 Å². The normalized spacial score (nSPS) is 31.0. The summed E-state index contributed by atoms with van der Waals surface area (Å²) in [6, 6.07) is 1.68. The molecule has 8 atom stereocenters. The Bertz CT molecular complexity index is 1250. The van der Waals surface area contributed by atoms with Crippen LogP contribution in [0.2, 0.25) is 22.2 Å². The first-order valence-corrected chi connectivity index (χ1v) is 29.2. The molecule has 5 rings (SSSR count). The average molecular weight is 1050 g/mol. The molecule has 0 aromatic rings. The van der Waals surface area contributed by atoms with E-state index in [1.54, 1.807) is 6.08 Å². The van der Waals surface area contributed by atoms with Crippen molar-refractivity contribution in [1.82, 2.24) is 9.80 Å². The summed E-state index contributed by atoms with van der Waals surface area (Å²) in [5.41, 5.74) is 1.92. The van der Waals surface area contributed by atoms with Gasteiger partial charge in [-0.2, -0.15) is 0 Å². The van der Waals surface area contributed by atoms with Gasteiger partial charge < -0.3 is 32.7 Å². The Morgan fingerprint density at radius 1 is 0.712 bits per heavy atom. The third kappa shape index (κ3) is 15.1. The van der Waals surface area contributed by atoms with E-state index in [0.717, 1.165) is 31.5 Å². The molecule has 5 aliphatic rings. The van der Waals surface area contributed by atoms with Crippen molar-refractivity contribution in [2.45, 2.75) is 226 Å². The van der Waals surface area contributed by atoms with Crippen LogP contribution in [0.1, 0.15) is 155 Å². The predicted octanol–water partition coefficient (Wildman–Crippen LogP) is 9.10. The molecular weight excluding hydrogens is 959 g/mol. The molecule has 0 amide bonds. The van der Waals surface area contributed by atoms with E-state index < -0.39 is 46.6 Å². The van der Waals surface area contributed by atoms with Crippen LogP contribution in [-0.2, 0) is 46.8 Å². The van der Waals surface area contributed by atoms with Crippen LogP contribution >= 0.6 is 0 Å². The number of ether oxygens (including phenoxy) is 2. The molecule has 5 saturated heterocycles. The fraction of sp³-hybridized carbons (Fsp3) is 0.956. The second-order valence-electron chi connectivity index (χ2n) is 21.6. The summed E-state index contributed by atoms with van der Waals surface area (Å²) in [5.74, 6) is 0. The SMILES string of the molecule is CC(C)(C)CCN1CCC[C@H]1[C@@H]1CCCN1CCC(C)(C)C.CC(C)[Si]1(C(C)C)O[C@H]2[C@H](C[C@H]3OCCC[C@@H]3O[C@@H]2/C=C/[C@H](O)CO)O[Si](C(C)C)(C(C)C)O1.[O]=[Os]=[O]. The van der Waals surface area contributed by atoms with Gasteiger partial charge in [-0.3, -0.25) is 9.80 Å². The summed E-state index contributed by atoms with van der Waals surface area (Å²) in [6.45, 7) is 37.7. The van der Waals surface area contributed by atoms with Crippen molar-refractivity contribution in [1.29, 1.82) is 0 Å². The van der Waals surface area contributed by atoms with Crippen LogP contribution in [0.25, 0.3) is 0 Å². The molecule has 0 aromatic carbocycles. The van der Waals surface area contributed by atoms with Crippen LogP contribution in [0.15, 0.2) is 12.2 Å². The first-order valence-electron chi connectivity index (χ1n) is 23.2. The predicted molar refractivity (Wildman–Crippen MR) is 236 cm³/mol. The van der Waals surface area contributed by atoms with E-state index in [2.05, 4.69) is 107 Å². The molecule has 0 saturated carbocycles. The van der Waals surface area contributed by atoms with Crippen LogP contribution in [0, 0.1) is 10.8 Å². The van der Waals surface area contributed by atoms with Crippen molar-refractivity contribution < 1.29 is 57.0 Å². The second kappa shape index (κ2) is 23.8. The van der Waals surface area contributed by atoms with E-state index in [1.807, 2.05) is 6.08 Å². The molecule has 0 unspecified atom stereocenters. The summed E-state index contributed by atoms with van der Waals surface area (Å²) >= 11 is -2.08. The fourth-order valence-corrected chi connectivity index (χ4v) is 21.3. The number of hydrogen-bond acceptors (Lipinski definition) is 11. The van der Waals surface area contributed by atoms with Crippen molar-refractivity contribution in [3.05, 3.63) is 12.2 Å². The number of rotatable bonds is 12. The van der Waals surface area contributed by atoms with E-state index >= 15 is 0 Å². The average Bonchev–Trinajstić information content (AvgIpc) is 3.75. The van der Waals surface area contributed by atoms with Gasteiger partial charge in [-0.1, -0.05) is 109 Å². The monoisotopic (exact) mass is 1050 g/mol. The Kier molecular flexibility index (Phi) is 21.6. The van der Waals surface area contributed by atoms with Crippen LogP contribution in [-0.4, -0.2) is 125 Å². The molecule has 0 spiro atoms. The number of aliphatic hydroxyl groups excluding tert-OH is 2. The van der Waals surface area contributed by atoms with Crippen LogP contribution in [0.5, 0.6) is 0 Å². The van der Waals surface area contributed by atoms with Crippen molar-refractivity contribution in [2.24, 2.45) is 10.8 Å². The van der Waals surface area contributed by atoms with Crippen LogP contribution in [0.3, 0.4) is 0 Å². The Morgan fingerprint density at radius 2 is 1.19 bits per heavy atom. The van der Waals surface area contributed by atoms with Gasteiger partial charge in [-0.05, 0) is 111 Å². The molecule has 0 bridgehead atoms. The Balaban J connectivity index is 0.000000320. The molecule has 5 aliphatic heterocycles. The molecule has 5 fully saturated rings. The topological polar surface area (TPSA) is 127 Å². The molecule has 0 aliphatic carbocycles.